The SMILES string of the molecule is [2H]C([2H])([2H])N1c2ccccc2N(N2C=c3oc4ncccc4c3=CB2C)[C@H]1C. The van der Waals surface area contributed by atoms with Gasteiger partial charge in [-0.1, -0.05) is 24.9 Å². The second kappa shape index (κ2) is 5.05. The van der Waals surface area contributed by atoms with E-state index in [1.807, 2.05) is 59.5 Å². The van der Waals surface area contributed by atoms with Crippen molar-refractivity contribution in [2.24, 2.45) is 0 Å². The van der Waals surface area contributed by atoms with Crippen LogP contribution in [0.1, 0.15) is 11.0 Å². The number of hydrogen-bond donors (Lipinski definition) is 0. The number of aromatic nitrogens is 1. The fourth-order valence-electron chi connectivity index (χ4n) is 3.74. The van der Waals surface area contributed by atoms with Crippen LogP contribution in [0.25, 0.3) is 23.3 Å². The summed E-state index contributed by atoms with van der Waals surface area (Å²) in [5.74, 6) is 2.14. The summed E-state index contributed by atoms with van der Waals surface area (Å²) in [6, 6.07) is 11.5. The summed E-state index contributed by atoms with van der Waals surface area (Å²) in [5, 5.41) is 4.03. The van der Waals surface area contributed by atoms with E-state index in [2.05, 4.69) is 17.8 Å². The van der Waals surface area contributed by atoms with Gasteiger partial charge in [-0.2, -0.15) is 0 Å². The van der Waals surface area contributed by atoms with Gasteiger partial charge in [0.05, 0.1) is 17.6 Å². The summed E-state index contributed by atoms with van der Waals surface area (Å²) in [7, 11) is 0. The largest absolute Gasteiger partial charge is 0.436 e. The normalized spacial score (nSPS) is 21.2. The molecule has 4 heterocycles. The van der Waals surface area contributed by atoms with Gasteiger partial charge >= 0.3 is 6.85 Å². The number of anilines is 2. The molecule has 124 valence electrons. The van der Waals surface area contributed by atoms with Crippen molar-refractivity contribution in [3.63, 3.8) is 0 Å². The molecular formula is C19H19BN4O. The van der Waals surface area contributed by atoms with Gasteiger partial charge in [-0.05, 0) is 31.2 Å². The van der Waals surface area contributed by atoms with Crippen LogP contribution in [0.2, 0.25) is 6.82 Å². The van der Waals surface area contributed by atoms with E-state index in [0.29, 0.717) is 11.4 Å². The first-order valence-electron chi connectivity index (χ1n) is 9.89. The number of fused-ring (bicyclic) bond motifs is 4. The maximum Gasteiger partial charge on any atom is 0.304 e. The van der Waals surface area contributed by atoms with Gasteiger partial charge in [-0.25, -0.2) is 4.98 Å². The van der Waals surface area contributed by atoms with E-state index < -0.39 is 6.98 Å². The highest BCUT2D eigenvalue weighted by Gasteiger charge is 2.36. The quantitative estimate of drug-likeness (QED) is 0.637. The molecular weight excluding hydrogens is 311 g/mol. The van der Waals surface area contributed by atoms with Gasteiger partial charge in [0.15, 0.2) is 5.42 Å². The van der Waals surface area contributed by atoms with Crippen LogP contribution < -0.4 is 20.5 Å². The van der Waals surface area contributed by atoms with Gasteiger partial charge in [0, 0.05) is 27.9 Å². The second-order valence-corrected chi connectivity index (χ2v) is 6.49. The fourth-order valence-corrected chi connectivity index (χ4v) is 3.74. The van der Waals surface area contributed by atoms with Crippen molar-refractivity contribution < 1.29 is 8.53 Å². The molecule has 0 saturated heterocycles. The highest BCUT2D eigenvalue weighted by Crippen LogP contribution is 2.39. The third-order valence-corrected chi connectivity index (χ3v) is 4.97. The Morgan fingerprint density at radius 3 is 2.88 bits per heavy atom. The molecule has 0 fully saturated rings. The molecule has 2 aromatic heterocycles. The lowest BCUT2D eigenvalue weighted by Crippen LogP contribution is -2.55. The van der Waals surface area contributed by atoms with Gasteiger partial charge < -0.3 is 14.2 Å². The molecule has 0 aliphatic carbocycles. The molecule has 6 heteroatoms. The van der Waals surface area contributed by atoms with E-state index in [1.165, 1.54) is 4.90 Å². The number of nitrogens with zero attached hydrogens (tertiary/aromatic N) is 4. The Labute approximate surface area is 150 Å². The monoisotopic (exact) mass is 333 g/mol. The van der Waals surface area contributed by atoms with E-state index in [0.717, 1.165) is 21.7 Å². The fraction of sp³-hybridized carbons (Fsp3) is 0.211. The molecule has 0 N–H and O–H groups in total. The summed E-state index contributed by atoms with van der Waals surface area (Å²) in [5.41, 5.74) is 2.89. The Morgan fingerprint density at radius 2 is 2.04 bits per heavy atom. The molecule has 25 heavy (non-hydrogen) atoms. The molecule has 1 aromatic carbocycles. The molecule has 5 nitrogen and oxygen atoms in total. The van der Waals surface area contributed by atoms with Gasteiger partial charge in [0.2, 0.25) is 5.71 Å². The molecule has 0 saturated carbocycles. The highest BCUT2D eigenvalue weighted by molar-refractivity contribution is 6.70. The average Bonchev–Trinajstić information content (AvgIpc) is 3.15. The molecule has 0 radical (unpaired) electrons. The molecule has 0 unspecified atom stereocenters. The van der Waals surface area contributed by atoms with Crippen LogP contribution >= 0.6 is 0 Å². The van der Waals surface area contributed by atoms with Crippen molar-refractivity contribution in [3.8, 4) is 0 Å². The van der Waals surface area contributed by atoms with Crippen molar-refractivity contribution in [2.45, 2.75) is 19.9 Å². The van der Waals surface area contributed by atoms with Crippen molar-refractivity contribution in [1.29, 1.82) is 0 Å². The van der Waals surface area contributed by atoms with E-state index in [9.17, 15) is 0 Å². The second-order valence-electron chi connectivity index (χ2n) is 6.49. The predicted octanol–water partition coefficient (Wildman–Crippen LogP) is 2.04. The van der Waals surface area contributed by atoms with Crippen molar-refractivity contribution in [3.05, 3.63) is 53.2 Å². The van der Waals surface area contributed by atoms with Crippen molar-refractivity contribution in [1.82, 2.24) is 9.90 Å². The number of para-hydroxylation sites is 2. The first kappa shape index (κ1) is 11.6. The van der Waals surface area contributed by atoms with Gasteiger partial charge in [0.25, 0.3) is 0 Å². The minimum absolute atomic E-state index is 0.0144. The molecule has 1 atom stereocenters. The van der Waals surface area contributed by atoms with Crippen LogP contribution in [-0.4, -0.2) is 29.9 Å². The highest BCUT2D eigenvalue weighted by atomic mass is 16.3. The maximum absolute atomic E-state index is 8.00. The number of pyridine rings is 1. The van der Waals surface area contributed by atoms with Crippen LogP contribution in [0, 0.1) is 0 Å². The number of hydrogen-bond acceptors (Lipinski definition) is 5. The van der Waals surface area contributed by atoms with Crippen molar-refractivity contribution >= 4 is 41.5 Å². The molecule has 5 rings (SSSR count). The molecule has 3 aromatic rings. The molecule has 0 spiro atoms. The van der Waals surface area contributed by atoms with Gasteiger partial charge in [-0.3, -0.25) is 5.01 Å². The Balaban J connectivity index is 1.67. The zero-order valence-corrected chi connectivity index (χ0v) is 14.0. The predicted molar refractivity (Wildman–Crippen MR) is 102 cm³/mol. The van der Waals surface area contributed by atoms with Crippen LogP contribution in [0.5, 0.6) is 0 Å². The zero-order valence-electron chi connectivity index (χ0n) is 17.0. The summed E-state index contributed by atoms with van der Waals surface area (Å²) < 4.78 is 30.0. The summed E-state index contributed by atoms with van der Waals surface area (Å²) >= 11 is 0. The molecule has 2 aliphatic rings. The number of furan rings is 1. The van der Waals surface area contributed by atoms with Crippen LogP contribution in [-0.2, 0) is 0 Å². The first-order valence-corrected chi connectivity index (χ1v) is 8.39. The average molecular weight is 333 g/mol. The van der Waals surface area contributed by atoms with Crippen LogP contribution in [0.15, 0.2) is 47.0 Å². The Bertz CT molecular complexity index is 1190. The summed E-state index contributed by atoms with van der Waals surface area (Å²) in [4.78, 5) is 7.83. The third-order valence-electron chi connectivity index (χ3n) is 4.97. The zero-order chi connectivity index (χ0) is 19.6. The third kappa shape index (κ3) is 1.94. The number of hydrazine groups is 1. The molecule has 0 bridgehead atoms. The molecule has 2 aliphatic heterocycles. The van der Waals surface area contributed by atoms with E-state index in [1.54, 1.807) is 6.20 Å². The smallest absolute Gasteiger partial charge is 0.304 e. The van der Waals surface area contributed by atoms with Gasteiger partial charge in [0.1, 0.15) is 6.17 Å². The lowest BCUT2D eigenvalue weighted by molar-refractivity contribution is 0.477. The first-order chi connectivity index (χ1) is 13.4. The van der Waals surface area contributed by atoms with Crippen LogP contribution in [0.3, 0.4) is 0 Å². The minimum atomic E-state index is -2.23. The standard InChI is InChI=1S/C19H19BN4O/c1-13-22(3)16-8-4-5-9-17(16)24(13)23-12-18-15(11-20(23)2)14-7-6-10-21-19(14)25-18/h4-13H,1-3H3/t13-/m0/s1/i3D3. The summed E-state index contributed by atoms with van der Waals surface area (Å²) in [6.07, 6.45) is 3.28. The Kier molecular flexibility index (Phi) is 2.35. The lowest BCUT2D eigenvalue weighted by Gasteiger charge is -2.39. The van der Waals surface area contributed by atoms with Crippen LogP contribution in [0.4, 0.5) is 11.4 Å². The maximum atomic E-state index is 8.00. The summed E-state index contributed by atoms with van der Waals surface area (Å²) in [6.45, 7) is 1.77. The van der Waals surface area contributed by atoms with E-state index in [-0.39, 0.29) is 13.0 Å². The number of rotatable bonds is 1. The van der Waals surface area contributed by atoms with Crippen molar-refractivity contribution in [2.75, 3.05) is 16.9 Å². The minimum Gasteiger partial charge on any atom is -0.436 e. The topological polar surface area (TPSA) is 35.8 Å². The Morgan fingerprint density at radius 1 is 1.20 bits per heavy atom. The lowest BCUT2D eigenvalue weighted by atomic mass is 9.63. The Hall–Kier alpha value is -2.89. The van der Waals surface area contributed by atoms with E-state index >= 15 is 0 Å². The number of benzene rings is 1. The molecule has 0 amide bonds. The van der Waals surface area contributed by atoms with E-state index in [4.69, 9.17) is 8.53 Å². The van der Waals surface area contributed by atoms with Gasteiger partial charge in [-0.15, -0.1) is 0 Å².